The molecule has 0 aliphatic rings. The summed E-state index contributed by atoms with van der Waals surface area (Å²) in [6.07, 6.45) is -24.9. The number of hydrogen-bond donors (Lipinski definition) is 8. The number of ether oxygens (including phenoxy) is 1. The van der Waals surface area contributed by atoms with Gasteiger partial charge in [0.15, 0.2) is 6.04 Å². The van der Waals surface area contributed by atoms with Crippen LogP contribution in [0.15, 0.2) is 30.3 Å². The van der Waals surface area contributed by atoms with Crippen molar-refractivity contribution in [1.82, 2.24) is 37.2 Å². The highest BCUT2D eigenvalue weighted by molar-refractivity contribution is 5.94. The van der Waals surface area contributed by atoms with Crippen molar-refractivity contribution in [3.63, 3.8) is 0 Å². The van der Waals surface area contributed by atoms with Gasteiger partial charge in [0.25, 0.3) is 5.91 Å². The number of carbonyl (C=O) groups excluding carboxylic acids is 8. The number of benzene rings is 1. The number of carbonyl (C=O) groups is 8. The normalized spacial score (nSPS) is 13.6. The minimum absolute atomic E-state index is 0. The first kappa shape index (κ1) is 59.4. The Balaban J connectivity index is 0.0000410. The van der Waals surface area contributed by atoms with Gasteiger partial charge in [0.05, 0.1) is 0 Å². The first-order valence-electron chi connectivity index (χ1n) is 18.9. The lowest BCUT2D eigenvalue weighted by Crippen LogP contribution is -3.00. The number of quaternary nitrogens is 1. The molecule has 0 aliphatic heterocycles. The van der Waals surface area contributed by atoms with Gasteiger partial charge in [-0.1, -0.05) is 30.3 Å². The third-order valence-corrected chi connectivity index (χ3v) is 8.37. The van der Waals surface area contributed by atoms with Gasteiger partial charge in [-0.15, -0.1) is 0 Å². The second-order valence-electron chi connectivity index (χ2n) is 13.6. The second kappa shape index (κ2) is 27.7. The first-order chi connectivity index (χ1) is 29.5. The van der Waals surface area contributed by atoms with E-state index < -0.39 is 168 Å². The number of nitrogens with one attached hydrogen (secondary N) is 7. The molecule has 30 heteroatoms. The number of hydrogen-bond acceptors (Lipinski definition) is 9. The highest BCUT2D eigenvalue weighted by Gasteiger charge is 2.41. The Morgan fingerprint density at radius 3 is 1.14 bits per heavy atom. The molecule has 10 N–H and O–H groups in total. The minimum Gasteiger partial charge on any atom is -1.00 e. The zero-order chi connectivity index (χ0) is 48.9. The fourth-order valence-corrected chi connectivity index (χ4v) is 5.06. The fourth-order valence-electron chi connectivity index (χ4n) is 5.06. The number of halogens is 13. The van der Waals surface area contributed by atoms with Gasteiger partial charge < -0.3 is 60.1 Å². The van der Waals surface area contributed by atoms with Crippen LogP contribution in [-0.4, -0.2) is 122 Å². The summed E-state index contributed by atoms with van der Waals surface area (Å²) in [5.74, 6) is -14.2. The first-order valence-corrected chi connectivity index (χ1v) is 18.9. The molecule has 1 aromatic carbocycles. The molecular weight excluding hydrogens is 940 g/mol. The van der Waals surface area contributed by atoms with Crippen LogP contribution in [0.3, 0.4) is 0 Å². The van der Waals surface area contributed by atoms with Crippen molar-refractivity contribution in [2.24, 2.45) is 0 Å². The van der Waals surface area contributed by atoms with Crippen LogP contribution in [0.2, 0.25) is 0 Å². The summed E-state index contributed by atoms with van der Waals surface area (Å²) in [7, 11) is 0. The van der Waals surface area contributed by atoms with E-state index in [-0.39, 0.29) is 25.2 Å². The van der Waals surface area contributed by atoms with Crippen LogP contribution in [0.25, 0.3) is 0 Å². The Hall–Kier alpha value is -5.61. The molecule has 0 fully saturated rings. The Bertz CT molecular complexity index is 1740. The Labute approximate surface area is 367 Å². The largest absolute Gasteiger partial charge is 1.00 e. The molecule has 0 aliphatic carbocycles. The number of esters is 1. The van der Waals surface area contributed by atoms with Crippen LogP contribution < -0.4 is 55.4 Å². The Morgan fingerprint density at radius 2 is 0.785 bits per heavy atom. The van der Waals surface area contributed by atoms with E-state index in [2.05, 4.69) is 21.7 Å². The molecule has 1 rings (SSSR count). The van der Waals surface area contributed by atoms with E-state index >= 15 is 0 Å². The third kappa shape index (κ3) is 24.3. The van der Waals surface area contributed by atoms with E-state index in [0.717, 1.165) is 0 Å². The molecule has 0 spiro atoms. The van der Waals surface area contributed by atoms with E-state index in [1.807, 2.05) is 0 Å². The summed E-state index contributed by atoms with van der Waals surface area (Å²) < 4.78 is 157. The maximum Gasteiger partial charge on any atom is 0.471 e. The SMILES string of the molecule is [Cl-].[NH3+][C@@H](CCCNC(=O)C(F)(F)F)C(=O)N[C@@H](CCCNC(=O)C(F)(F)F)C(=O)N[C@@H](CCCNC(=O)C(F)(F)F)C(=O)N[C@@H](CCCNC(=O)C(F)(F)F)C(=O)OCc1ccccc1. The number of rotatable bonds is 25. The van der Waals surface area contributed by atoms with Crippen LogP contribution in [-0.2, 0) is 49.7 Å². The van der Waals surface area contributed by atoms with E-state index in [9.17, 15) is 91.0 Å². The standard InChI is InChI=1S/C35H44F12N8O9.ClH/c36-32(37,38)28(60)49-14-4-10-20(48)24(56)53-21(11-5-15-50-29(61)33(39,40)41)25(57)54-22(12-6-16-51-30(62)34(42,43)44)26(58)55-23(13-7-17-52-31(63)35(45,46)47)27(59)64-18-19-8-2-1-3-9-19;/h1-3,8-9,20-23H,4-7,10-18,48H2,(H,49,60)(H,50,61)(H,51,62)(H,52,63)(H,53,56)(H,54,57)(H,55,58);1H/t20-,21-,22-,23-;/m0./s1. The van der Waals surface area contributed by atoms with Gasteiger partial charge in [-0.25, -0.2) is 4.79 Å². The maximum atomic E-state index is 13.7. The summed E-state index contributed by atoms with van der Waals surface area (Å²) in [4.78, 5) is 98.4. The number of alkyl halides is 12. The zero-order valence-electron chi connectivity index (χ0n) is 33.7. The molecule has 0 saturated carbocycles. The molecule has 65 heavy (non-hydrogen) atoms. The molecule has 0 aromatic heterocycles. The van der Waals surface area contributed by atoms with Gasteiger partial charge in [-0.3, -0.25) is 33.6 Å². The predicted molar refractivity (Wildman–Crippen MR) is 192 cm³/mol. The summed E-state index contributed by atoms with van der Waals surface area (Å²) >= 11 is 0. The van der Waals surface area contributed by atoms with Gasteiger partial charge >= 0.3 is 54.3 Å². The molecule has 4 atom stereocenters. The summed E-state index contributed by atoms with van der Waals surface area (Å²) in [6.45, 7) is -3.18. The predicted octanol–water partition coefficient (Wildman–Crippen LogP) is -2.37. The van der Waals surface area contributed by atoms with Crippen molar-refractivity contribution in [1.29, 1.82) is 0 Å². The molecule has 7 amide bonds. The molecule has 0 saturated heterocycles. The molecular formula is C35H45ClF12N8O9. The van der Waals surface area contributed by atoms with Crippen LogP contribution in [0.1, 0.15) is 56.9 Å². The van der Waals surface area contributed by atoms with Crippen molar-refractivity contribution < 1.29 is 114 Å². The molecule has 0 unspecified atom stereocenters. The van der Waals surface area contributed by atoms with E-state index in [0.29, 0.717) is 5.56 Å². The molecule has 0 heterocycles. The third-order valence-electron chi connectivity index (χ3n) is 8.37. The lowest BCUT2D eigenvalue weighted by molar-refractivity contribution is -0.405. The van der Waals surface area contributed by atoms with Gasteiger partial charge in [0.2, 0.25) is 11.8 Å². The highest BCUT2D eigenvalue weighted by Crippen LogP contribution is 2.17. The molecule has 1 aromatic rings. The summed E-state index contributed by atoms with van der Waals surface area (Å²) in [5, 5.41) is 12.6. The van der Waals surface area contributed by atoms with Gasteiger partial charge in [-0.2, -0.15) is 52.7 Å². The smallest absolute Gasteiger partial charge is 0.471 e. The van der Waals surface area contributed by atoms with Crippen LogP contribution >= 0.6 is 0 Å². The van der Waals surface area contributed by atoms with Crippen molar-refractivity contribution in [2.75, 3.05) is 26.2 Å². The Kier molecular flexibility index (Phi) is 25.3. The topological polar surface area (TPSA) is 258 Å². The van der Waals surface area contributed by atoms with Gasteiger partial charge in [0, 0.05) is 32.6 Å². The van der Waals surface area contributed by atoms with Gasteiger partial charge in [-0.05, 0) is 50.5 Å². The zero-order valence-corrected chi connectivity index (χ0v) is 34.4. The lowest BCUT2D eigenvalue weighted by atomic mass is 10.0. The molecule has 17 nitrogen and oxygen atoms in total. The Morgan fingerprint density at radius 1 is 0.477 bits per heavy atom. The van der Waals surface area contributed by atoms with Crippen molar-refractivity contribution in [2.45, 2.75) is 107 Å². The van der Waals surface area contributed by atoms with Gasteiger partial charge in [0.1, 0.15) is 24.7 Å². The molecule has 0 bridgehead atoms. The van der Waals surface area contributed by atoms with Crippen molar-refractivity contribution in [3.8, 4) is 0 Å². The molecule has 370 valence electrons. The maximum absolute atomic E-state index is 13.7. The molecule has 0 radical (unpaired) electrons. The average molecular weight is 985 g/mol. The number of amides is 7. The quantitative estimate of drug-likeness (QED) is 0.0296. The average Bonchev–Trinajstić information content (AvgIpc) is 3.19. The van der Waals surface area contributed by atoms with Crippen LogP contribution in [0, 0.1) is 0 Å². The van der Waals surface area contributed by atoms with Crippen molar-refractivity contribution >= 4 is 47.3 Å². The summed E-state index contributed by atoms with van der Waals surface area (Å²) in [5.41, 5.74) is 3.94. The lowest BCUT2D eigenvalue weighted by Gasteiger charge is -2.26. The van der Waals surface area contributed by atoms with E-state index in [4.69, 9.17) is 4.74 Å². The second-order valence-corrected chi connectivity index (χ2v) is 13.6. The van der Waals surface area contributed by atoms with E-state index in [1.165, 1.54) is 22.8 Å². The van der Waals surface area contributed by atoms with Crippen molar-refractivity contribution in [3.05, 3.63) is 35.9 Å². The highest BCUT2D eigenvalue weighted by atomic mass is 35.5. The summed E-state index contributed by atoms with van der Waals surface area (Å²) in [6, 6.07) is 1.05. The van der Waals surface area contributed by atoms with E-state index in [1.54, 1.807) is 28.8 Å². The monoisotopic (exact) mass is 984 g/mol. The fraction of sp³-hybridized carbons (Fsp3) is 0.600. The minimum atomic E-state index is -5.33. The van der Waals surface area contributed by atoms with Crippen LogP contribution in [0.4, 0.5) is 52.7 Å². The van der Waals surface area contributed by atoms with Crippen LogP contribution in [0.5, 0.6) is 0 Å².